The number of aromatic nitrogens is 2. The van der Waals surface area contributed by atoms with E-state index in [-0.39, 0.29) is 0 Å². The highest BCUT2D eigenvalue weighted by Gasteiger charge is 2.17. The number of nitrogens with zero attached hydrogens (tertiary/aromatic N) is 2. The number of rotatable bonds is 4. The van der Waals surface area contributed by atoms with Crippen LogP contribution in [0.15, 0.2) is 24.4 Å². The van der Waals surface area contributed by atoms with Gasteiger partial charge < -0.3 is 10.1 Å². The number of ether oxygens (including phenoxy) is 1. The maximum atomic E-state index is 6.13. The average molecular weight is 278 g/mol. The zero-order valence-electron chi connectivity index (χ0n) is 10.8. The fourth-order valence-corrected chi connectivity index (χ4v) is 2.62. The van der Waals surface area contributed by atoms with Crippen LogP contribution in [-0.2, 0) is 26.6 Å². The average Bonchev–Trinajstić information content (AvgIpc) is 2.98. The summed E-state index contributed by atoms with van der Waals surface area (Å²) in [5, 5.41) is 8.48. The highest BCUT2D eigenvalue weighted by molar-refractivity contribution is 6.30. The Morgan fingerprint density at radius 2 is 2.32 bits per heavy atom. The molecule has 0 radical (unpaired) electrons. The van der Waals surface area contributed by atoms with Crippen LogP contribution in [0.1, 0.15) is 16.8 Å². The van der Waals surface area contributed by atoms with Crippen LogP contribution in [0, 0.1) is 0 Å². The maximum Gasteiger partial charge on any atom is 0.127 e. The summed E-state index contributed by atoms with van der Waals surface area (Å²) in [7, 11) is 1.92. The fourth-order valence-electron chi connectivity index (χ4n) is 2.36. The molecule has 1 aromatic heterocycles. The minimum absolute atomic E-state index is 0.736. The van der Waals surface area contributed by atoms with Gasteiger partial charge in [-0.25, -0.2) is 0 Å². The Balaban J connectivity index is 1.67. The number of aryl methyl sites for hydroxylation is 1. The molecule has 0 saturated heterocycles. The number of halogens is 1. The topological polar surface area (TPSA) is 39.1 Å². The van der Waals surface area contributed by atoms with Gasteiger partial charge in [0.05, 0.1) is 12.3 Å². The van der Waals surface area contributed by atoms with Crippen molar-refractivity contribution in [3.63, 3.8) is 0 Å². The van der Waals surface area contributed by atoms with Crippen LogP contribution < -0.4 is 10.1 Å². The Kier molecular flexibility index (Phi) is 3.44. The van der Waals surface area contributed by atoms with Crippen molar-refractivity contribution in [3.05, 3.63) is 46.2 Å². The lowest BCUT2D eigenvalue weighted by Gasteiger charge is -2.09. The van der Waals surface area contributed by atoms with Gasteiger partial charge in [-0.1, -0.05) is 11.6 Å². The van der Waals surface area contributed by atoms with Crippen LogP contribution in [-0.4, -0.2) is 16.4 Å². The molecule has 0 atom stereocenters. The molecule has 0 spiro atoms. The summed E-state index contributed by atoms with van der Waals surface area (Å²) in [6.07, 6.45) is 2.89. The summed E-state index contributed by atoms with van der Waals surface area (Å²) in [5.41, 5.74) is 3.36. The molecular formula is C14H16ClN3O. The van der Waals surface area contributed by atoms with Gasteiger partial charge in [-0.2, -0.15) is 5.10 Å². The quantitative estimate of drug-likeness (QED) is 0.932. The predicted molar refractivity (Wildman–Crippen MR) is 74.4 cm³/mol. The second-order valence-corrected chi connectivity index (χ2v) is 5.17. The number of fused-ring (bicyclic) bond motifs is 1. The van der Waals surface area contributed by atoms with Gasteiger partial charge in [0.2, 0.25) is 0 Å². The molecule has 0 saturated carbocycles. The molecule has 1 aliphatic heterocycles. The lowest BCUT2D eigenvalue weighted by atomic mass is 10.1. The molecule has 1 aliphatic rings. The summed E-state index contributed by atoms with van der Waals surface area (Å²) in [4.78, 5) is 0. The molecule has 3 rings (SSSR count). The zero-order chi connectivity index (χ0) is 13.2. The van der Waals surface area contributed by atoms with Gasteiger partial charge >= 0.3 is 0 Å². The third kappa shape index (κ3) is 2.74. The van der Waals surface area contributed by atoms with Gasteiger partial charge in [0.1, 0.15) is 5.75 Å². The van der Waals surface area contributed by atoms with Gasteiger partial charge in [0.15, 0.2) is 0 Å². The molecule has 0 aliphatic carbocycles. The molecule has 4 nitrogen and oxygen atoms in total. The zero-order valence-corrected chi connectivity index (χ0v) is 11.6. The van der Waals surface area contributed by atoms with E-state index < -0.39 is 0 Å². The van der Waals surface area contributed by atoms with Crippen LogP contribution in [0.3, 0.4) is 0 Å². The summed E-state index contributed by atoms with van der Waals surface area (Å²) in [6.45, 7) is 2.23. The van der Waals surface area contributed by atoms with E-state index >= 15 is 0 Å². The van der Waals surface area contributed by atoms with Gasteiger partial charge in [-0.3, -0.25) is 4.68 Å². The maximum absolute atomic E-state index is 6.13. The van der Waals surface area contributed by atoms with Crippen LogP contribution >= 0.6 is 11.6 Å². The first kappa shape index (κ1) is 12.5. The molecule has 5 heteroatoms. The van der Waals surface area contributed by atoms with E-state index in [4.69, 9.17) is 16.3 Å². The van der Waals surface area contributed by atoms with Crippen LogP contribution in [0.25, 0.3) is 0 Å². The van der Waals surface area contributed by atoms with E-state index in [1.165, 1.54) is 5.56 Å². The van der Waals surface area contributed by atoms with Gasteiger partial charge in [-0.15, -0.1) is 0 Å². The molecule has 0 fully saturated rings. The number of benzene rings is 1. The highest BCUT2D eigenvalue weighted by Crippen LogP contribution is 2.32. The van der Waals surface area contributed by atoms with Crippen LogP contribution in [0.4, 0.5) is 0 Å². The van der Waals surface area contributed by atoms with Crippen molar-refractivity contribution in [1.82, 2.24) is 15.1 Å². The Morgan fingerprint density at radius 1 is 1.42 bits per heavy atom. The summed E-state index contributed by atoms with van der Waals surface area (Å²) >= 11 is 6.13. The van der Waals surface area contributed by atoms with Crippen molar-refractivity contribution >= 4 is 11.6 Å². The molecular weight excluding hydrogens is 262 g/mol. The molecule has 0 bridgehead atoms. The highest BCUT2D eigenvalue weighted by atomic mass is 35.5. The largest absolute Gasteiger partial charge is 0.493 e. The molecule has 19 heavy (non-hydrogen) atoms. The van der Waals surface area contributed by atoms with E-state index in [1.54, 1.807) is 4.68 Å². The van der Waals surface area contributed by atoms with E-state index in [1.807, 2.05) is 31.4 Å². The standard InChI is InChI=1S/C14H16ClN3O/c1-18-4-2-13(17-18)9-16-8-11-7-12(15)6-10-3-5-19-14(10)11/h2,4,6-7,16H,3,5,8-9H2,1H3. The number of nitrogens with one attached hydrogen (secondary N) is 1. The Hall–Kier alpha value is -1.52. The van der Waals surface area contributed by atoms with Crippen molar-refractivity contribution in [2.45, 2.75) is 19.5 Å². The van der Waals surface area contributed by atoms with Gasteiger partial charge in [0, 0.05) is 43.3 Å². The molecule has 2 heterocycles. The van der Waals surface area contributed by atoms with Crippen molar-refractivity contribution in [2.24, 2.45) is 7.05 Å². The molecule has 1 aromatic carbocycles. The van der Waals surface area contributed by atoms with Crippen molar-refractivity contribution in [2.75, 3.05) is 6.61 Å². The Morgan fingerprint density at radius 3 is 3.11 bits per heavy atom. The minimum Gasteiger partial charge on any atom is -0.493 e. The summed E-state index contributed by atoms with van der Waals surface area (Å²) in [6, 6.07) is 5.97. The number of hydrogen-bond donors (Lipinski definition) is 1. The smallest absolute Gasteiger partial charge is 0.127 e. The molecule has 2 aromatic rings. The van der Waals surface area contributed by atoms with E-state index in [0.29, 0.717) is 0 Å². The Labute approximate surface area is 117 Å². The monoisotopic (exact) mass is 277 g/mol. The lowest BCUT2D eigenvalue weighted by molar-refractivity contribution is 0.352. The van der Waals surface area contributed by atoms with Crippen molar-refractivity contribution in [1.29, 1.82) is 0 Å². The normalized spacial score (nSPS) is 13.4. The van der Waals surface area contributed by atoms with Crippen molar-refractivity contribution < 1.29 is 4.74 Å². The van der Waals surface area contributed by atoms with E-state index in [9.17, 15) is 0 Å². The minimum atomic E-state index is 0.736. The number of hydrogen-bond acceptors (Lipinski definition) is 3. The first-order valence-electron chi connectivity index (χ1n) is 6.36. The van der Waals surface area contributed by atoms with Crippen molar-refractivity contribution in [3.8, 4) is 5.75 Å². The second kappa shape index (κ2) is 5.23. The predicted octanol–water partition coefficient (Wildman–Crippen LogP) is 2.30. The second-order valence-electron chi connectivity index (χ2n) is 4.74. The fraction of sp³-hybridized carbons (Fsp3) is 0.357. The SMILES string of the molecule is Cn1ccc(CNCc2cc(Cl)cc3c2OCC3)n1. The van der Waals surface area contributed by atoms with Crippen LogP contribution in [0.5, 0.6) is 5.75 Å². The first-order chi connectivity index (χ1) is 9.22. The van der Waals surface area contributed by atoms with E-state index in [0.717, 1.165) is 48.1 Å². The van der Waals surface area contributed by atoms with Gasteiger partial charge in [-0.05, 0) is 23.8 Å². The third-order valence-electron chi connectivity index (χ3n) is 3.22. The summed E-state index contributed by atoms with van der Waals surface area (Å²) < 4.78 is 7.48. The van der Waals surface area contributed by atoms with Crippen LogP contribution in [0.2, 0.25) is 5.02 Å². The first-order valence-corrected chi connectivity index (χ1v) is 6.73. The molecule has 1 N–H and O–H groups in total. The van der Waals surface area contributed by atoms with Gasteiger partial charge in [0.25, 0.3) is 0 Å². The molecule has 100 valence electrons. The molecule has 0 unspecified atom stereocenters. The molecule has 0 amide bonds. The summed E-state index contributed by atoms with van der Waals surface area (Å²) in [5.74, 6) is 0.998. The third-order valence-corrected chi connectivity index (χ3v) is 3.43. The Bertz CT molecular complexity index is 594. The van der Waals surface area contributed by atoms with E-state index in [2.05, 4.69) is 10.4 Å². The lowest BCUT2D eigenvalue weighted by Crippen LogP contribution is -2.14.